The first-order valence-electron chi connectivity index (χ1n) is 6.55. The number of hydrogen-bond donors (Lipinski definition) is 1. The molecule has 0 fully saturated rings. The van der Waals surface area contributed by atoms with E-state index in [4.69, 9.17) is 4.74 Å². The maximum absolute atomic E-state index is 12.8. The quantitative estimate of drug-likeness (QED) is 0.599. The second kappa shape index (κ2) is 9.07. The van der Waals surface area contributed by atoms with Crippen LogP contribution in [0.4, 0.5) is 17.6 Å². The average molecular weight is 392 g/mol. The molecule has 0 amide bonds. The van der Waals surface area contributed by atoms with E-state index in [-0.39, 0.29) is 12.6 Å². The Morgan fingerprint density at radius 1 is 1.43 bits per heavy atom. The van der Waals surface area contributed by atoms with Crippen LogP contribution < -0.4 is 5.32 Å². The lowest BCUT2D eigenvalue weighted by molar-refractivity contribution is -0.167. The predicted octanol–water partition coefficient (Wildman–Crippen LogP) is 4.34. The lowest BCUT2D eigenvalue weighted by Gasteiger charge is -2.20. The molecule has 0 aliphatic carbocycles. The van der Waals surface area contributed by atoms with Crippen molar-refractivity contribution in [2.75, 3.05) is 19.8 Å². The summed E-state index contributed by atoms with van der Waals surface area (Å²) in [5.41, 5.74) is 0. The minimum Gasteiger partial charge on any atom is -0.373 e. The smallest absolute Gasteiger partial charge is 0.330 e. The third-order valence-corrected chi connectivity index (χ3v) is 4.41. The molecule has 1 atom stereocenters. The average Bonchev–Trinajstić information content (AvgIpc) is 2.80. The zero-order valence-electron chi connectivity index (χ0n) is 11.6. The first-order valence-corrected chi connectivity index (χ1v) is 8.22. The lowest BCUT2D eigenvalue weighted by atomic mass is 10.2. The Labute approximate surface area is 134 Å². The molecule has 0 saturated heterocycles. The van der Waals surface area contributed by atoms with Crippen LogP contribution in [0.2, 0.25) is 0 Å². The molecule has 0 aromatic carbocycles. The van der Waals surface area contributed by atoms with Gasteiger partial charge in [0.15, 0.2) is 0 Å². The predicted molar refractivity (Wildman–Crippen MR) is 79.6 cm³/mol. The van der Waals surface area contributed by atoms with Gasteiger partial charge in [-0.15, -0.1) is 11.3 Å². The van der Waals surface area contributed by atoms with E-state index in [0.717, 1.165) is 15.8 Å². The number of alkyl halides is 4. The van der Waals surface area contributed by atoms with Gasteiger partial charge in [-0.1, -0.05) is 6.92 Å². The van der Waals surface area contributed by atoms with Gasteiger partial charge in [-0.3, -0.25) is 0 Å². The Hall–Kier alpha value is -0.180. The minimum absolute atomic E-state index is 0.0299. The Morgan fingerprint density at radius 2 is 2.14 bits per heavy atom. The number of rotatable bonds is 10. The number of thiophene rings is 1. The second-order valence-corrected chi connectivity index (χ2v) is 6.57. The molecule has 0 aliphatic rings. The summed E-state index contributed by atoms with van der Waals surface area (Å²) in [6.45, 7) is 1.41. The number of halogens is 5. The summed E-state index contributed by atoms with van der Waals surface area (Å²) in [6.07, 6.45) is -2.21. The molecule has 122 valence electrons. The zero-order valence-corrected chi connectivity index (χ0v) is 14.0. The van der Waals surface area contributed by atoms with Gasteiger partial charge in [-0.05, 0) is 41.4 Å². The monoisotopic (exact) mass is 391 g/mol. The molecule has 1 aromatic heterocycles. The molecular weight excluding hydrogens is 374 g/mol. The van der Waals surface area contributed by atoms with Crippen molar-refractivity contribution >= 4 is 27.3 Å². The maximum atomic E-state index is 12.8. The Balaban J connectivity index is 2.46. The molecule has 1 N–H and O–H groups in total. The van der Waals surface area contributed by atoms with E-state index in [2.05, 4.69) is 21.2 Å². The first-order chi connectivity index (χ1) is 9.85. The van der Waals surface area contributed by atoms with Crippen LogP contribution in [0.1, 0.15) is 18.2 Å². The van der Waals surface area contributed by atoms with E-state index in [0.29, 0.717) is 13.0 Å². The fraction of sp³-hybridized carbons (Fsp3) is 0.692. The summed E-state index contributed by atoms with van der Waals surface area (Å²) >= 11 is 4.89. The van der Waals surface area contributed by atoms with E-state index in [9.17, 15) is 17.6 Å². The van der Waals surface area contributed by atoms with E-state index < -0.39 is 19.0 Å². The van der Waals surface area contributed by atoms with Crippen molar-refractivity contribution in [2.45, 2.75) is 38.2 Å². The Kier molecular flexibility index (Phi) is 8.15. The van der Waals surface area contributed by atoms with Crippen molar-refractivity contribution in [2.24, 2.45) is 0 Å². The zero-order chi connectivity index (χ0) is 15.9. The van der Waals surface area contributed by atoms with Crippen molar-refractivity contribution in [3.8, 4) is 0 Å². The number of ether oxygens (including phenoxy) is 1. The molecule has 1 unspecified atom stereocenters. The largest absolute Gasteiger partial charge is 0.373 e. The molecular formula is C13H18BrF4NOS. The van der Waals surface area contributed by atoms with Gasteiger partial charge in [0.2, 0.25) is 0 Å². The van der Waals surface area contributed by atoms with Crippen molar-refractivity contribution in [1.82, 2.24) is 5.32 Å². The highest BCUT2D eigenvalue weighted by Gasteiger charge is 2.41. The molecule has 2 nitrogen and oxygen atoms in total. The van der Waals surface area contributed by atoms with Crippen molar-refractivity contribution < 1.29 is 22.3 Å². The molecule has 1 heterocycles. The van der Waals surface area contributed by atoms with Crippen molar-refractivity contribution in [1.29, 1.82) is 0 Å². The van der Waals surface area contributed by atoms with Crippen molar-refractivity contribution in [3.05, 3.63) is 20.8 Å². The summed E-state index contributed by atoms with van der Waals surface area (Å²) in [5.74, 6) is -4.10. The number of hydrogen-bond acceptors (Lipinski definition) is 3. The number of nitrogens with one attached hydrogen (secondary N) is 1. The SMILES string of the molecule is CCCNC(COCC(F)(F)C(F)F)Cc1cc(Br)cs1. The fourth-order valence-corrected chi connectivity index (χ4v) is 3.18. The van der Waals surface area contributed by atoms with Gasteiger partial charge in [-0.25, -0.2) is 8.78 Å². The second-order valence-electron chi connectivity index (χ2n) is 4.66. The van der Waals surface area contributed by atoms with Gasteiger partial charge in [0.1, 0.15) is 6.61 Å². The van der Waals surface area contributed by atoms with Gasteiger partial charge in [-0.2, -0.15) is 8.78 Å². The third-order valence-electron chi connectivity index (χ3n) is 2.69. The highest BCUT2D eigenvalue weighted by molar-refractivity contribution is 9.10. The summed E-state index contributed by atoms with van der Waals surface area (Å²) in [7, 11) is 0. The van der Waals surface area contributed by atoms with Crippen LogP contribution in [-0.4, -0.2) is 38.1 Å². The summed E-state index contributed by atoms with van der Waals surface area (Å²) in [6, 6.07) is 1.77. The lowest BCUT2D eigenvalue weighted by Crippen LogP contribution is -2.39. The summed E-state index contributed by atoms with van der Waals surface area (Å²) in [4.78, 5) is 1.07. The van der Waals surface area contributed by atoms with E-state index in [1.807, 2.05) is 18.4 Å². The highest BCUT2D eigenvalue weighted by Crippen LogP contribution is 2.24. The third kappa shape index (κ3) is 7.08. The first kappa shape index (κ1) is 18.9. The fourth-order valence-electron chi connectivity index (χ4n) is 1.64. The minimum atomic E-state index is -4.10. The molecule has 0 spiro atoms. The molecule has 0 radical (unpaired) electrons. The van der Waals surface area contributed by atoms with Crippen molar-refractivity contribution in [3.63, 3.8) is 0 Å². The summed E-state index contributed by atoms with van der Waals surface area (Å²) in [5, 5.41) is 5.11. The normalized spacial score (nSPS) is 13.9. The molecule has 8 heteroatoms. The molecule has 0 aliphatic heterocycles. The topological polar surface area (TPSA) is 21.3 Å². The van der Waals surface area contributed by atoms with E-state index >= 15 is 0 Å². The molecule has 21 heavy (non-hydrogen) atoms. The van der Waals surface area contributed by atoms with Crippen LogP contribution >= 0.6 is 27.3 Å². The summed E-state index contributed by atoms with van der Waals surface area (Å²) < 4.78 is 55.4. The van der Waals surface area contributed by atoms with Crippen LogP contribution in [0.3, 0.4) is 0 Å². The molecule has 1 aromatic rings. The molecule has 1 rings (SSSR count). The van der Waals surface area contributed by atoms with Crippen LogP contribution in [0, 0.1) is 0 Å². The van der Waals surface area contributed by atoms with Gasteiger partial charge in [0.25, 0.3) is 0 Å². The highest BCUT2D eigenvalue weighted by atomic mass is 79.9. The maximum Gasteiger partial charge on any atom is 0.330 e. The van der Waals surface area contributed by atoms with Gasteiger partial charge >= 0.3 is 12.3 Å². The van der Waals surface area contributed by atoms with Crippen LogP contribution in [0.5, 0.6) is 0 Å². The Morgan fingerprint density at radius 3 is 2.67 bits per heavy atom. The molecule has 0 bridgehead atoms. The van der Waals surface area contributed by atoms with E-state index in [1.54, 1.807) is 11.3 Å². The van der Waals surface area contributed by atoms with Gasteiger partial charge in [0, 0.05) is 20.8 Å². The Bertz CT molecular complexity index is 417. The standard InChI is InChI=1S/C13H18BrF4NOS/c1-2-3-19-10(5-11-4-9(14)7-21-11)6-20-8-13(17,18)12(15)16/h4,7,10,12,19H,2-3,5-6,8H2,1H3. The van der Waals surface area contributed by atoms with Crippen LogP contribution in [0.25, 0.3) is 0 Å². The van der Waals surface area contributed by atoms with E-state index in [1.165, 1.54) is 0 Å². The van der Waals surface area contributed by atoms with Gasteiger partial charge in [0.05, 0.1) is 6.61 Å². The molecule has 0 saturated carbocycles. The van der Waals surface area contributed by atoms with Gasteiger partial charge < -0.3 is 10.1 Å². The van der Waals surface area contributed by atoms with Crippen LogP contribution in [-0.2, 0) is 11.2 Å². The van der Waals surface area contributed by atoms with Crippen LogP contribution in [0.15, 0.2) is 15.9 Å².